The number of rotatable bonds is 6. The zero-order valence-corrected chi connectivity index (χ0v) is 14.7. The molecular weight excluding hydrogens is 298 g/mol. The van der Waals surface area contributed by atoms with Gasteiger partial charge in [0.25, 0.3) is 5.91 Å². The van der Waals surface area contributed by atoms with E-state index in [-0.39, 0.29) is 11.3 Å². The SMILES string of the molecule is CCCn1ncc(C(=O)NCC2(c3ccccc3)CCCC2)c1C. The molecule has 1 aliphatic carbocycles. The molecule has 2 aromatic rings. The van der Waals surface area contributed by atoms with Crippen LogP contribution in [0, 0.1) is 6.92 Å². The molecule has 1 aromatic carbocycles. The molecule has 1 heterocycles. The molecule has 128 valence electrons. The minimum absolute atomic E-state index is 0.00272. The quantitative estimate of drug-likeness (QED) is 0.877. The molecule has 0 aliphatic heterocycles. The van der Waals surface area contributed by atoms with E-state index in [9.17, 15) is 4.79 Å². The summed E-state index contributed by atoms with van der Waals surface area (Å²) in [6.07, 6.45) is 7.47. The second-order valence-electron chi connectivity index (χ2n) is 6.90. The minimum atomic E-state index is -0.00272. The maximum absolute atomic E-state index is 12.6. The molecule has 1 saturated carbocycles. The van der Waals surface area contributed by atoms with Gasteiger partial charge in [-0.25, -0.2) is 0 Å². The summed E-state index contributed by atoms with van der Waals surface area (Å²) in [6.45, 7) is 5.64. The van der Waals surface area contributed by atoms with E-state index < -0.39 is 0 Å². The van der Waals surface area contributed by atoms with Gasteiger partial charge in [-0.1, -0.05) is 50.1 Å². The summed E-state index contributed by atoms with van der Waals surface area (Å²) in [5.74, 6) is -0.00272. The molecule has 4 heteroatoms. The predicted octanol–water partition coefficient (Wildman–Crippen LogP) is 3.84. The number of aryl methyl sites for hydroxylation is 1. The Kier molecular flexibility index (Phi) is 5.03. The second kappa shape index (κ2) is 7.20. The summed E-state index contributed by atoms with van der Waals surface area (Å²) < 4.78 is 1.91. The van der Waals surface area contributed by atoms with E-state index in [1.54, 1.807) is 6.20 Å². The van der Waals surface area contributed by atoms with Crippen LogP contribution in [-0.4, -0.2) is 22.2 Å². The van der Waals surface area contributed by atoms with Gasteiger partial charge in [0.05, 0.1) is 11.8 Å². The first-order valence-corrected chi connectivity index (χ1v) is 9.02. The van der Waals surface area contributed by atoms with Crippen molar-refractivity contribution in [3.8, 4) is 0 Å². The zero-order chi connectivity index (χ0) is 17.0. The highest BCUT2D eigenvalue weighted by atomic mass is 16.1. The number of hydrogen-bond acceptors (Lipinski definition) is 2. The lowest BCUT2D eigenvalue weighted by molar-refractivity contribution is 0.0942. The van der Waals surface area contributed by atoms with Crippen molar-refractivity contribution in [1.29, 1.82) is 0 Å². The minimum Gasteiger partial charge on any atom is -0.351 e. The zero-order valence-electron chi connectivity index (χ0n) is 14.7. The highest BCUT2D eigenvalue weighted by Gasteiger charge is 2.36. The fourth-order valence-corrected chi connectivity index (χ4v) is 3.86. The van der Waals surface area contributed by atoms with Crippen LogP contribution in [0.1, 0.15) is 60.6 Å². The lowest BCUT2D eigenvalue weighted by Crippen LogP contribution is -2.39. The smallest absolute Gasteiger partial charge is 0.254 e. The van der Waals surface area contributed by atoms with E-state index in [2.05, 4.69) is 47.7 Å². The van der Waals surface area contributed by atoms with Crippen molar-refractivity contribution in [2.75, 3.05) is 6.54 Å². The van der Waals surface area contributed by atoms with E-state index in [0.29, 0.717) is 12.1 Å². The Morgan fingerprint density at radius 1 is 1.25 bits per heavy atom. The van der Waals surface area contributed by atoms with Gasteiger partial charge in [0, 0.05) is 24.2 Å². The van der Waals surface area contributed by atoms with Crippen molar-refractivity contribution in [1.82, 2.24) is 15.1 Å². The van der Waals surface area contributed by atoms with Crippen LogP contribution in [0.5, 0.6) is 0 Å². The Labute approximate surface area is 144 Å². The summed E-state index contributed by atoms with van der Waals surface area (Å²) in [4.78, 5) is 12.6. The number of amides is 1. The number of nitrogens with one attached hydrogen (secondary N) is 1. The van der Waals surface area contributed by atoms with Gasteiger partial charge in [-0.2, -0.15) is 5.10 Å². The second-order valence-corrected chi connectivity index (χ2v) is 6.90. The first-order chi connectivity index (χ1) is 11.7. The van der Waals surface area contributed by atoms with Crippen LogP contribution in [0.2, 0.25) is 0 Å². The fraction of sp³-hybridized carbons (Fsp3) is 0.500. The fourth-order valence-electron chi connectivity index (χ4n) is 3.86. The third-order valence-corrected chi connectivity index (χ3v) is 5.32. The first-order valence-electron chi connectivity index (χ1n) is 9.02. The van der Waals surface area contributed by atoms with Gasteiger partial charge in [0.1, 0.15) is 0 Å². The summed E-state index contributed by atoms with van der Waals surface area (Å²) in [7, 11) is 0. The Balaban J connectivity index is 1.73. The van der Waals surface area contributed by atoms with Crippen molar-refractivity contribution in [3.63, 3.8) is 0 Å². The van der Waals surface area contributed by atoms with Crippen molar-refractivity contribution in [3.05, 3.63) is 53.3 Å². The van der Waals surface area contributed by atoms with Crippen molar-refractivity contribution < 1.29 is 4.79 Å². The molecule has 0 bridgehead atoms. The molecule has 1 aliphatic rings. The van der Waals surface area contributed by atoms with Crippen molar-refractivity contribution in [2.24, 2.45) is 0 Å². The van der Waals surface area contributed by atoms with Crippen LogP contribution in [-0.2, 0) is 12.0 Å². The van der Waals surface area contributed by atoms with E-state index >= 15 is 0 Å². The normalized spacial score (nSPS) is 16.2. The average Bonchev–Trinajstić information content (AvgIpc) is 3.23. The molecular formula is C20H27N3O. The monoisotopic (exact) mass is 325 g/mol. The van der Waals surface area contributed by atoms with Crippen LogP contribution >= 0.6 is 0 Å². The molecule has 0 atom stereocenters. The Hall–Kier alpha value is -2.10. The molecule has 0 saturated heterocycles. The lowest BCUT2D eigenvalue weighted by atomic mass is 9.79. The maximum atomic E-state index is 12.6. The van der Waals surface area contributed by atoms with Crippen LogP contribution in [0.3, 0.4) is 0 Å². The standard InChI is InChI=1S/C20H27N3O/c1-3-13-23-16(2)18(14-22-23)19(24)21-15-20(11-7-8-12-20)17-9-5-4-6-10-17/h4-6,9-10,14H,3,7-8,11-13,15H2,1-2H3,(H,21,24). The molecule has 0 radical (unpaired) electrons. The highest BCUT2D eigenvalue weighted by Crippen LogP contribution is 2.40. The van der Waals surface area contributed by atoms with E-state index in [1.165, 1.54) is 18.4 Å². The summed E-state index contributed by atoms with van der Waals surface area (Å²) in [5, 5.41) is 7.52. The summed E-state index contributed by atoms with van der Waals surface area (Å²) in [6, 6.07) is 10.6. The van der Waals surface area contributed by atoms with Crippen LogP contribution in [0.15, 0.2) is 36.5 Å². The number of carbonyl (C=O) groups excluding carboxylic acids is 1. The maximum Gasteiger partial charge on any atom is 0.254 e. The van der Waals surface area contributed by atoms with Gasteiger partial charge >= 0.3 is 0 Å². The first kappa shape index (κ1) is 16.7. The van der Waals surface area contributed by atoms with Gasteiger partial charge < -0.3 is 5.32 Å². The molecule has 1 amide bonds. The molecule has 1 N–H and O–H groups in total. The van der Waals surface area contributed by atoms with Crippen molar-refractivity contribution in [2.45, 2.75) is 57.9 Å². The van der Waals surface area contributed by atoms with Gasteiger partial charge in [-0.15, -0.1) is 0 Å². The molecule has 24 heavy (non-hydrogen) atoms. The summed E-state index contributed by atoms with van der Waals surface area (Å²) in [5.41, 5.74) is 3.09. The van der Waals surface area contributed by atoms with Crippen molar-refractivity contribution >= 4 is 5.91 Å². The Morgan fingerprint density at radius 3 is 2.62 bits per heavy atom. The van der Waals surface area contributed by atoms with Crippen LogP contribution < -0.4 is 5.32 Å². The number of carbonyl (C=O) groups is 1. The number of hydrogen-bond donors (Lipinski definition) is 1. The Bertz CT molecular complexity index is 684. The van der Waals surface area contributed by atoms with E-state index in [4.69, 9.17) is 0 Å². The number of benzene rings is 1. The third-order valence-electron chi connectivity index (χ3n) is 5.32. The topological polar surface area (TPSA) is 46.9 Å². The number of nitrogens with zero attached hydrogens (tertiary/aromatic N) is 2. The lowest BCUT2D eigenvalue weighted by Gasteiger charge is -2.30. The molecule has 0 spiro atoms. The predicted molar refractivity (Wildman–Crippen MR) is 96.2 cm³/mol. The molecule has 1 aromatic heterocycles. The Morgan fingerprint density at radius 2 is 1.96 bits per heavy atom. The molecule has 1 fully saturated rings. The summed E-state index contributed by atoms with van der Waals surface area (Å²) >= 11 is 0. The molecule has 3 rings (SSSR count). The third kappa shape index (κ3) is 3.23. The highest BCUT2D eigenvalue weighted by molar-refractivity contribution is 5.95. The van der Waals surface area contributed by atoms with Gasteiger partial charge in [0.15, 0.2) is 0 Å². The number of aromatic nitrogens is 2. The van der Waals surface area contributed by atoms with Gasteiger partial charge in [0.2, 0.25) is 0 Å². The molecule has 4 nitrogen and oxygen atoms in total. The largest absolute Gasteiger partial charge is 0.351 e. The average molecular weight is 325 g/mol. The van der Waals surface area contributed by atoms with Crippen LogP contribution in [0.4, 0.5) is 0 Å². The van der Waals surface area contributed by atoms with E-state index in [0.717, 1.165) is 31.5 Å². The van der Waals surface area contributed by atoms with Crippen LogP contribution in [0.25, 0.3) is 0 Å². The van der Waals surface area contributed by atoms with Gasteiger partial charge in [-0.3, -0.25) is 9.48 Å². The molecule has 0 unspecified atom stereocenters. The van der Waals surface area contributed by atoms with Gasteiger partial charge in [-0.05, 0) is 31.7 Å². The van der Waals surface area contributed by atoms with E-state index in [1.807, 2.05) is 11.6 Å².